The minimum Gasteiger partial charge on any atom is -0.337 e. The number of imidazole rings is 1. The van der Waals surface area contributed by atoms with Gasteiger partial charge in [0.15, 0.2) is 0 Å². The van der Waals surface area contributed by atoms with Crippen LogP contribution in [-0.4, -0.2) is 41.9 Å². The molecule has 1 atom stereocenters. The van der Waals surface area contributed by atoms with Gasteiger partial charge < -0.3 is 9.88 Å². The van der Waals surface area contributed by atoms with Gasteiger partial charge in [-0.3, -0.25) is 0 Å². The second-order valence-electron chi connectivity index (χ2n) is 6.00. The standard InChI is InChI=1S/C16H22N4O2S/c1-12-4-5-15(13(2)10-12)23(21,22)20-9-6-17-11-14(20)16-18-7-8-19(16)3/h4-5,7-8,10,14,17H,6,9,11H2,1-3H3. The second-order valence-corrected chi connectivity index (χ2v) is 7.86. The maximum Gasteiger partial charge on any atom is 0.244 e. The van der Waals surface area contributed by atoms with Crippen molar-refractivity contribution in [2.45, 2.75) is 24.8 Å². The maximum absolute atomic E-state index is 13.2. The fourth-order valence-corrected chi connectivity index (χ4v) is 4.90. The Bertz CT molecular complexity index is 813. The third kappa shape index (κ3) is 2.91. The van der Waals surface area contributed by atoms with E-state index in [0.29, 0.717) is 24.5 Å². The van der Waals surface area contributed by atoms with E-state index >= 15 is 0 Å². The molecule has 0 spiro atoms. The monoisotopic (exact) mass is 334 g/mol. The number of sulfonamides is 1. The normalized spacial score (nSPS) is 19.9. The first-order valence-corrected chi connectivity index (χ1v) is 9.12. The van der Waals surface area contributed by atoms with Crippen molar-refractivity contribution in [3.8, 4) is 0 Å². The number of aromatic nitrogens is 2. The molecule has 1 unspecified atom stereocenters. The SMILES string of the molecule is Cc1ccc(S(=O)(=O)N2CCNCC2c2nccn2C)c(C)c1. The van der Waals surface area contributed by atoms with Gasteiger partial charge in [0.25, 0.3) is 0 Å². The highest BCUT2D eigenvalue weighted by Crippen LogP contribution is 2.29. The van der Waals surface area contributed by atoms with E-state index < -0.39 is 10.0 Å². The summed E-state index contributed by atoms with van der Waals surface area (Å²) in [5.74, 6) is 0.755. The summed E-state index contributed by atoms with van der Waals surface area (Å²) in [6.45, 7) is 5.45. The van der Waals surface area contributed by atoms with Crippen LogP contribution in [0.3, 0.4) is 0 Å². The Hall–Kier alpha value is -1.70. The molecule has 7 heteroatoms. The van der Waals surface area contributed by atoms with Gasteiger partial charge in [0.2, 0.25) is 10.0 Å². The first-order chi connectivity index (χ1) is 10.9. The lowest BCUT2D eigenvalue weighted by atomic mass is 10.2. The molecule has 1 saturated heterocycles. The summed E-state index contributed by atoms with van der Waals surface area (Å²) in [4.78, 5) is 4.73. The molecule has 3 rings (SSSR count). The van der Waals surface area contributed by atoms with Crippen molar-refractivity contribution >= 4 is 10.0 Å². The van der Waals surface area contributed by atoms with Crippen molar-refractivity contribution in [2.24, 2.45) is 7.05 Å². The Morgan fingerprint density at radius 1 is 1.30 bits per heavy atom. The van der Waals surface area contributed by atoms with Crippen LogP contribution in [0.1, 0.15) is 23.0 Å². The summed E-state index contributed by atoms with van der Waals surface area (Å²) in [6.07, 6.45) is 3.54. The topological polar surface area (TPSA) is 67.2 Å². The van der Waals surface area contributed by atoms with Gasteiger partial charge >= 0.3 is 0 Å². The molecule has 0 bridgehead atoms. The van der Waals surface area contributed by atoms with Gasteiger partial charge in [-0.2, -0.15) is 4.31 Å². The maximum atomic E-state index is 13.2. The first-order valence-electron chi connectivity index (χ1n) is 7.68. The number of aryl methyl sites for hydroxylation is 3. The number of piperazine rings is 1. The molecule has 2 heterocycles. The molecule has 6 nitrogen and oxygen atoms in total. The highest BCUT2D eigenvalue weighted by molar-refractivity contribution is 7.89. The molecule has 23 heavy (non-hydrogen) atoms. The number of nitrogens with zero attached hydrogens (tertiary/aromatic N) is 3. The fourth-order valence-electron chi connectivity index (χ4n) is 3.11. The number of rotatable bonds is 3. The summed E-state index contributed by atoms with van der Waals surface area (Å²) < 4.78 is 29.8. The van der Waals surface area contributed by atoms with Crippen molar-refractivity contribution in [1.29, 1.82) is 0 Å². The van der Waals surface area contributed by atoms with E-state index in [-0.39, 0.29) is 6.04 Å². The lowest BCUT2D eigenvalue weighted by Crippen LogP contribution is -2.49. The van der Waals surface area contributed by atoms with Crippen molar-refractivity contribution in [3.05, 3.63) is 47.5 Å². The molecular formula is C16H22N4O2S. The third-order valence-electron chi connectivity index (χ3n) is 4.27. The van der Waals surface area contributed by atoms with Crippen LogP contribution in [0.5, 0.6) is 0 Å². The largest absolute Gasteiger partial charge is 0.337 e. The molecule has 2 aromatic rings. The molecule has 1 aromatic carbocycles. The summed E-state index contributed by atoms with van der Waals surface area (Å²) in [5, 5.41) is 3.27. The van der Waals surface area contributed by atoms with E-state index in [0.717, 1.165) is 17.0 Å². The molecule has 0 amide bonds. The van der Waals surface area contributed by atoms with E-state index in [1.54, 1.807) is 16.6 Å². The number of benzene rings is 1. The molecule has 1 aliphatic rings. The van der Waals surface area contributed by atoms with E-state index in [1.165, 1.54) is 0 Å². The highest BCUT2D eigenvalue weighted by Gasteiger charge is 2.36. The molecule has 1 fully saturated rings. The molecule has 0 saturated carbocycles. The Balaban J connectivity index is 2.04. The van der Waals surface area contributed by atoms with Crippen molar-refractivity contribution in [3.63, 3.8) is 0 Å². The van der Waals surface area contributed by atoms with Crippen LogP contribution >= 0.6 is 0 Å². The number of nitrogens with one attached hydrogen (secondary N) is 1. The minimum absolute atomic E-state index is 0.297. The zero-order valence-electron chi connectivity index (χ0n) is 13.7. The zero-order valence-corrected chi connectivity index (χ0v) is 14.5. The van der Waals surface area contributed by atoms with Crippen LogP contribution in [0, 0.1) is 13.8 Å². The smallest absolute Gasteiger partial charge is 0.244 e. The van der Waals surface area contributed by atoms with Crippen molar-refractivity contribution in [1.82, 2.24) is 19.2 Å². The van der Waals surface area contributed by atoms with E-state index in [1.807, 2.05) is 43.8 Å². The molecule has 124 valence electrons. The van der Waals surface area contributed by atoms with Gasteiger partial charge in [0.05, 0.1) is 10.9 Å². The molecular weight excluding hydrogens is 312 g/mol. The highest BCUT2D eigenvalue weighted by atomic mass is 32.2. The quantitative estimate of drug-likeness (QED) is 0.921. The van der Waals surface area contributed by atoms with Gasteiger partial charge in [-0.25, -0.2) is 13.4 Å². The van der Waals surface area contributed by atoms with Crippen LogP contribution in [0.4, 0.5) is 0 Å². The summed E-state index contributed by atoms with van der Waals surface area (Å²) in [7, 11) is -1.67. The van der Waals surface area contributed by atoms with Crippen LogP contribution in [0.15, 0.2) is 35.5 Å². The fraction of sp³-hybridized carbons (Fsp3) is 0.438. The lowest BCUT2D eigenvalue weighted by Gasteiger charge is -2.35. The average molecular weight is 334 g/mol. The molecule has 0 aliphatic carbocycles. The second kappa shape index (κ2) is 6.07. The van der Waals surface area contributed by atoms with Crippen molar-refractivity contribution in [2.75, 3.05) is 19.6 Å². The third-order valence-corrected chi connectivity index (χ3v) is 6.34. The molecule has 0 radical (unpaired) electrons. The first kappa shape index (κ1) is 16.2. The molecule has 1 aromatic heterocycles. The van der Waals surface area contributed by atoms with Gasteiger partial charge in [0.1, 0.15) is 5.82 Å². The summed E-state index contributed by atoms with van der Waals surface area (Å²) in [5.41, 5.74) is 1.84. The Morgan fingerprint density at radius 3 is 2.74 bits per heavy atom. The predicted molar refractivity (Wildman–Crippen MR) is 88.6 cm³/mol. The van der Waals surface area contributed by atoms with Gasteiger partial charge in [-0.05, 0) is 25.5 Å². The van der Waals surface area contributed by atoms with Crippen LogP contribution < -0.4 is 5.32 Å². The van der Waals surface area contributed by atoms with Crippen molar-refractivity contribution < 1.29 is 8.42 Å². The van der Waals surface area contributed by atoms with E-state index in [9.17, 15) is 8.42 Å². The average Bonchev–Trinajstić information content (AvgIpc) is 2.93. The Labute approximate surface area is 137 Å². The Kier molecular flexibility index (Phi) is 4.27. The van der Waals surface area contributed by atoms with Crippen LogP contribution in [0.2, 0.25) is 0 Å². The van der Waals surface area contributed by atoms with Crippen LogP contribution in [-0.2, 0) is 17.1 Å². The number of hydrogen-bond donors (Lipinski definition) is 1. The molecule has 1 aliphatic heterocycles. The van der Waals surface area contributed by atoms with E-state index in [2.05, 4.69) is 10.3 Å². The van der Waals surface area contributed by atoms with Gasteiger partial charge in [0, 0.05) is 39.1 Å². The minimum atomic E-state index is -3.56. The van der Waals surface area contributed by atoms with Gasteiger partial charge in [-0.15, -0.1) is 0 Å². The van der Waals surface area contributed by atoms with E-state index in [4.69, 9.17) is 0 Å². The zero-order chi connectivity index (χ0) is 16.6. The summed E-state index contributed by atoms with van der Waals surface area (Å²) in [6, 6.07) is 5.16. The Morgan fingerprint density at radius 2 is 2.09 bits per heavy atom. The molecule has 1 N–H and O–H groups in total. The summed E-state index contributed by atoms with van der Waals surface area (Å²) >= 11 is 0. The van der Waals surface area contributed by atoms with Crippen LogP contribution in [0.25, 0.3) is 0 Å². The number of hydrogen-bond acceptors (Lipinski definition) is 4. The predicted octanol–water partition coefficient (Wildman–Crippen LogP) is 1.37. The van der Waals surface area contributed by atoms with Gasteiger partial charge in [-0.1, -0.05) is 17.7 Å². The lowest BCUT2D eigenvalue weighted by molar-refractivity contribution is 0.258.